The molecule has 0 fully saturated rings. The van der Waals surface area contributed by atoms with Crippen LogP contribution in [0.15, 0.2) is 133 Å². The van der Waals surface area contributed by atoms with Crippen molar-refractivity contribution in [3.05, 3.63) is 184 Å². The van der Waals surface area contributed by atoms with E-state index in [1.165, 1.54) is 55.2 Å². The molecular weight excluding hydrogens is 678 g/mol. The molecule has 56 heavy (non-hydrogen) atoms. The third kappa shape index (κ3) is 5.53. The minimum absolute atomic E-state index is 0.134. The first-order valence-electron chi connectivity index (χ1n) is 19.3. The molecule has 4 nitrogen and oxygen atoms in total. The highest BCUT2D eigenvalue weighted by molar-refractivity contribution is 7.01. The van der Waals surface area contributed by atoms with Crippen LogP contribution in [0.3, 0.4) is 0 Å². The van der Waals surface area contributed by atoms with Gasteiger partial charge in [-0.2, -0.15) is 5.26 Å². The Morgan fingerprint density at radius 1 is 0.482 bits per heavy atom. The number of rotatable bonds is 4. The van der Waals surface area contributed by atoms with Gasteiger partial charge in [0, 0.05) is 34.1 Å². The molecule has 0 saturated carbocycles. The quantitative estimate of drug-likeness (QED) is 0.135. The second kappa shape index (κ2) is 13.5. The van der Waals surface area contributed by atoms with Crippen LogP contribution in [0.4, 0.5) is 39.8 Å². The number of nitrogens with zero attached hydrogens (tertiary/aromatic N) is 4. The molecule has 0 atom stereocenters. The van der Waals surface area contributed by atoms with Crippen molar-refractivity contribution in [2.45, 2.75) is 41.5 Å². The molecule has 0 unspecified atom stereocenters. The summed E-state index contributed by atoms with van der Waals surface area (Å²) in [7, 11) is 0. The Balaban J connectivity index is 1.46. The Hall–Kier alpha value is -6.75. The van der Waals surface area contributed by atoms with Gasteiger partial charge in [-0.1, -0.05) is 129 Å². The zero-order chi connectivity index (χ0) is 38.8. The fourth-order valence-electron chi connectivity index (χ4n) is 9.79. The normalized spacial score (nSPS) is 12.6. The third-order valence-electron chi connectivity index (χ3n) is 11.8. The highest BCUT2D eigenvalue weighted by Crippen LogP contribution is 2.42. The van der Waals surface area contributed by atoms with Gasteiger partial charge in [0.1, 0.15) is 0 Å². The molecule has 0 radical (unpaired) electrons. The van der Waals surface area contributed by atoms with E-state index >= 15 is 0 Å². The Morgan fingerprint density at radius 3 is 1.36 bits per heavy atom. The Labute approximate surface area is 331 Å². The summed E-state index contributed by atoms with van der Waals surface area (Å²) in [6, 6.07) is 50.1. The maximum absolute atomic E-state index is 10.3. The maximum Gasteiger partial charge on any atom is 0.247 e. The molecule has 0 aromatic heterocycles. The van der Waals surface area contributed by atoms with Crippen LogP contribution >= 0.6 is 0 Å². The van der Waals surface area contributed by atoms with Crippen LogP contribution in [0.5, 0.6) is 0 Å². The van der Waals surface area contributed by atoms with Crippen LogP contribution in [-0.4, -0.2) is 13.4 Å². The van der Waals surface area contributed by atoms with Gasteiger partial charge in [0.05, 0.1) is 18.2 Å². The zero-order valence-electron chi connectivity index (χ0n) is 32.6. The average molecular weight is 719 g/mol. The van der Waals surface area contributed by atoms with Gasteiger partial charge in [-0.25, -0.2) is 4.85 Å². The number of hydrogen-bond donors (Lipinski definition) is 0. The van der Waals surface area contributed by atoms with Crippen LogP contribution in [0.2, 0.25) is 0 Å². The van der Waals surface area contributed by atoms with E-state index < -0.39 is 0 Å². The van der Waals surface area contributed by atoms with Gasteiger partial charge in [-0.3, -0.25) is 0 Å². The molecule has 6 heteroatoms. The second-order valence-corrected chi connectivity index (χ2v) is 15.5. The van der Waals surface area contributed by atoms with Crippen molar-refractivity contribution in [2.24, 2.45) is 0 Å². The zero-order valence-corrected chi connectivity index (χ0v) is 32.6. The summed E-state index contributed by atoms with van der Waals surface area (Å²) in [4.78, 5) is 8.73. The lowest BCUT2D eigenvalue weighted by Gasteiger charge is -2.42. The van der Waals surface area contributed by atoms with Crippen LogP contribution in [-0.2, 0) is 0 Å². The molecule has 2 aliphatic rings. The van der Waals surface area contributed by atoms with E-state index in [1.807, 2.05) is 12.1 Å². The highest BCUT2D eigenvalue weighted by Gasteiger charge is 2.43. The summed E-state index contributed by atoms with van der Waals surface area (Å²) in [6.07, 6.45) is 0. The van der Waals surface area contributed by atoms with Crippen molar-refractivity contribution in [1.82, 2.24) is 0 Å². The lowest BCUT2D eigenvalue weighted by molar-refractivity contribution is 1.26. The Kier molecular flexibility index (Phi) is 8.45. The number of para-hydroxylation sites is 2. The fraction of sp³-hybridized carbons (Fsp3) is 0.120. The summed E-state index contributed by atoms with van der Waals surface area (Å²) >= 11 is 0. The maximum atomic E-state index is 10.3. The first-order chi connectivity index (χ1) is 27.2. The molecule has 266 valence electrons. The summed E-state index contributed by atoms with van der Waals surface area (Å²) in [6.45, 7) is 21.1. The Bertz CT molecular complexity index is 2580. The summed E-state index contributed by atoms with van der Waals surface area (Å²) < 4.78 is 0. The van der Waals surface area contributed by atoms with Gasteiger partial charge in [0.25, 0.3) is 0 Å². The number of fused-ring (bicyclic) bond motifs is 4. The number of hydrogen-bond acceptors (Lipinski definition) is 3. The molecule has 0 bridgehead atoms. The lowest BCUT2D eigenvalue weighted by Crippen LogP contribution is -2.63. The van der Waals surface area contributed by atoms with E-state index in [0.29, 0.717) is 11.3 Å². The van der Waals surface area contributed by atoms with E-state index in [2.05, 4.69) is 184 Å². The van der Waals surface area contributed by atoms with Crippen LogP contribution < -0.4 is 42.6 Å². The fourth-order valence-corrected chi connectivity index (χ4v) is 9.79. The standard InChI is InChI=1S/C50H40B2N4/c1-31-22-33(3)49(34(4)23-31)51-41-26-37(30-53)18-20-45(41)55(39-14-10-8-11-15-39)47-29-48-44(28-43(47)51)52(50-35(5)24-32(2)25-36(50)6)42-27-38(54-7)19-21-46(42)56(48)40-16-12-9-13-17-40/h8-29H,1-6H3. The summed E-state index contributed by atoms with van der Waals surface area (Å²) in [5.41, 5.74) is 22.3. The largest absolute Gasteiger partial charge is 0.312 e. The number of benzene rings is 7. The van der Waals surface area contributed by atoms with Crippen LogP contribution in [0, 0.1) is 59.4 Å². The van der Waals surface area contributed by atoms with E-state index in [1.54, 1.807) is 0 Å². The predicted molar refractivity (Wildman–Crippen MR) is 237 cm³/mol. The SMILES string of the molecule is [C-]#[N+]c1ccc2c(c1)B(c1c(C)cc(C)cc1C)c1cc3c(cc1N2c1ccccc1)N(c1ccccc1)c1ccc(C#N)cc1B3c1c(C)cc(C)cc1C. The predicted octanol–water partition coefficient (Wildman–Crippen LogP) is 8.56. The van der Waals surface area contributed by atoms with E-state index in [0.717, 1.165) is 45.0 Å². The molecule has 0 spiro atoms. The van der Waals surface area contributed by atoms with Crippen LogP contribution in [0.25, 0.3) is 4.85 Å². The van der Waals surface area contributed by atoms with E-state index in [9.17, 15) is 5.26 Å². The van der Waals surface area contributed by atoms with Gasteiger partial charge < -0.3 is 9.80 Å². The molecule has 7 aromatic rings. The van der Waals surface area contributed by atoms with Gasteiger partial charge in [0.2, 0.25) is 13.4 Å². The first kappa shape index (κ1) is 35.0. The van der Waals surface area contributed by atoms with Gasteiger partial charge in [-0.15, -0.1) is 0 Å². The van der Waals surface area contributed by atoms with Gasteiger partial charge in [-0.05, 0) is 113 Å². The molecule has 0 amide bonds. The first-order valence-corrected chi connectivity index (χ1v) is 19.3. The lowest BCUT2D eigenvalue weighted by atomic mass is 9.30. The highest BCUT2D eigenvalue weighted by atomic mass is 15.2. The van der Waals surface area contributed by atoms with Gasteiger partial charge >= 0.3 is 0 Å². The number of aryl methyl sites for hydroxylation is 6. The summed E-state index contributed by atoms with van der Waals surface area (Å²) in [5.74, 6) is 0. The molecule has 7 aromatic carbocycles. The van der Waals surface area contributed by atoms with Gasteiger partial charge in [0.15, 0.2) is 5.69 Å². The van der Waals surface area contributed by atoms with E-state index in [-0.39, 0.29) is 13.4 Å². The minimum atomic E-state index is -0.138. The van der Waals surface area contributed by atoms with Crippen molar-refractivity contribution in [3.8, 4) is 6.07 Å². The topological polar surface area (TPSA) is 34.6 Å². The molecule has 0 aliphatic carbocycles. The third-order valence-corrected chi connectivity index (χ3v) is 11.8. The van der Waals surface area contributed by atoms with Crippen LogP contribution in [0.1, 0.15) is 38.9 Å². The molecular formula is C50H40B2N4. The van der Waals surface area contributed by atoms with Crippen molar-refractivity contribution < 1.29 is 0 Å². The molecule has 0 N–H and O–H groups in total. The van der Waals surface area contributed by atoms with Crippen molar-refractivity contribution in [2.75, 3.05) is 9.80 Å². The van der Waals surface area contributed by atoms with Crippen molar-refractivity contribution >= 4 is 86.0 Å². The second-order valence-electron chi connectivity index (χ2n) is 15.5. The summed E-state index contributed by atoms with van der Waals surface area (Å²) in [5, 5.41) is 10.3. The van der Waals surface area contributed by atoms with Crippen molar-refractivity contribution in [3.63, 3.8) is 0 Å². The number of anilines is 6. The van der Waals surface area contributed by atoms with E-state index in [4.69, 9.17) is 6.57 Å². The minimum Gasteiger partial charge on any atom is -0.312 e. The van der Waals surface area contributed by atoms with Crippen molar-refractivity contribution in [1.29, 1.82) is 5.26 Å². The smallest absolute Gasteiger partial charge is 0.247 e. The molecule has 9 rings (SSSR count). The average Bonchev–Trinajstić information content (AvgIpc) is 3.19. The molecule has 2 aliphatic heterocycles. The number of nitriles is 1. The monoisotopic (exact) mass is 718 g/mol. The molecule has 0 saturated heterocycles. The molecule has 2 heterocycles. The Morgan fingerprint density at radius 2 is 0.911 bits per heavy atom.